The van der Waals surface area contributed by atoms with E-state index in [4.69, 9.17) is 24.9 Å². The molecule has 0 saturated carbocycles. The van der Waals surface area contributed by atoms with Gasteiger partial charge in [0.25, 0.3) is 15.9 Å². The summed E-state index contributed by atoms with van der Waals surface area (Å²) < 4.78 is 46.0. The lowest BCUT2D eigenvalue weighted by atomic mass is 9.97. The molecule has 0 radical (unpaired) electrons. The Bertz CT molecular complexity index is 1470. The van der Waals surface area contributed by atoms with E-state index in [1.807, 2.05) is 11.8 Å². The molecule has 0 aliphatic carbocycles. The summed E-state index contributed by atoms with van der Waals surface area (Å²) in [6.45, 7) is 11.2. The third-order valence-electron chi connectivity index (χ3n) is 6.60. The fraction of sp³-hybridized carbons (Fsp3) is 0.481. The van der Waals surface area contributed by atoms with E-state index < -0.39 is 15.9 Å². The van der Waals surface area contributed by atoms with Crippen molar-refractivity contribution >= 4 is 27.6 Å². The Kier molecular flexibility index (Phi) is 9.46. The maximum atomic E-state index is 13.4. The van der Waals surface area contributed by atoms with Crippen LogP contribution in [0.25, 0.3) is 5.82 Å². The van der Waals surface area contributed by atoms with Gasteiger partial charge in [-0.25, -0.2) is 27.8 Å². The first-order valence-electron chi connectivity index (χ1n) is 13.4. The van der Waals surface area contributed by atoms with Gasteiger partial charge in [0.1, 0.15) is 23.1 Å². The van der Waals surface area contributed by atoms with Crippen molar-refractivity contribution in [1.82, 2.24) is 24.5 Å². The zero-order valence-electron chi connectivity index (χ0n) is 23.7. The number of nitrogens with zero attached hydrogens (tertiary/aromatic N) is 5. The molecular weight excluding hydrogens is 550 g/mol. The van der Waals surface area contributed by atoms with Crippen LogP contribution < -0.4 is 20.1 Å². The summed E-state index contributed by atoms with van der Waals surface area (Å²) >= 11 is 0. The number of carbonyl (C=O) groups is 1. The van der Waals surface area contributed by atoms with E-state index in [1.165, 1.54) is 23.0 Å². The second-order valence-corrected chi connectivity index (χ2v) is 12.0. The zero-order chi connectivity index (χ0) is 29.6. The van der Waals surface area contributed by atoms with Gasteiger partial charge in [-0.1, -0.05) is 6.92 Å². The van der Waals surface area contributed by atoms with Gasteiger partial charge in [-0.2, -0.15) is 0 Å². The average Bonchev–Trinajstić information content (AvgIpc) is 3.50. The standard InChI is InChI=1S/C27H37N7O6S.H2/c1-5-38-13-14-39-15-16-40-23-10-12-34(31-23)22-9-8-20(25(30-22)33-18-19(2)17-27(33,3)4)26(35)32-41(36,37)21-7-6-11-29-24(21)28;/h6-12,19H,5,13-18H2,1-4H3,(H2,28,29)(H,32,35);1H/t19-;/m0./s1. The minimum absolute atomic E-state index is 0. The van der Waals surface area contributed by atoms with Crippen LogP contribution >= 0.6 is 0 Å². The van der Waals surface area contributed by atoms with Crippen molar-refractivity contribution in [2.75, 3.05) is 50.2 Å². The second-order valence-electron chi connectivity index (χ2n) is 10.4. The van der Waals surface area contributed by atoms with Crippen LogP contribution in [0.15, 0.2) is 47.6 Å². The highest BCUT2D eigenvalue weighted by Crippen LogP contribution is 2.37. The maximum absolute atomic E-state index is 13.4. The lowest BCUT2D eigenvalue weighted by Crippen LogP contribution is -2.41. The summed E-state index contributed by atoms with van der Waals surface area (Å²) in [6, 6.07) is 7.57. The Labute approximate surface area is 241 Å². The second kappa shape index (κ2) is 12.8. The van der Waals surface area contributed by atoms with Crippen LogP contribution in [0.5, 0.6) is 5.88 Å². The van der Waals surface area contributed by atoms with Gasteiger partial charge in [0.2, 0.25) is 5.88 Å². The lowest BCUT2D eigenvalue weighted by molar-refractivity contribution is 0.0398. The number of sulfonamides is 1. The number of amides is 1. The van der Waals surface area contributed by atoms with Crippen LogP contribution in [0, 0.1) is 5.92 Å². The van der Waals surface area contributed by atoms with Crippen LogP contribution in [0.4, 0.5) is 11.6 Å². The van der Waals surface area contributed by atoms with Gasteiger partial charge < -0.3 is 24.8 Å². The molecule has 14 heteroatoms. The summed E-state index contributed by atoms with van der Waals surface area (Å²) in [4.78, 5) is 23.8. The van der Waals surface area contributed by atoms with Gasteiger partial charge in [0.15, 0.2) is 5.82 Å². The largest absolute Gasteiger partial charge is 0.474 e. The number of hydrogen-bond acceptors (Lipinski definition) is 11. The molecule has 41 heavy (non-hydrogen) atoms. The van der Waals surface area contributed by atoms with Crippen molar-refractivity contribution in [3.8, 4) is 11.7 Å². The van der Waals surface area contributed by atoms with Crippen LogP contribution in [-0.2, 0) is 19.5 Å². The summed E-state index contributed by atoms with van der Waals surface area (Å²) in [6.07, 6.45) is 3.94. The Morgan fingerprint density at radius 1 is 1.17 bits per heavy atom. The van der Waals surface area contributed by atoms with E-state index in [1.54, 1.807) is 24.4 Å². The fourth-order valence-corrected chi connectivity index (χ4v) is 5.90. The molecule has 3 aromatic rings. The molecule has 3 N–H and O–H groups in total. The van der Waals surface area contributed by atoms with Crippen molar-refractivity contribution in [3.63, 3.8) is 0 Å². The number of hydrogen-bond donors (Lipinski definition) is 2. The topological polar surface area (TPSA) is 164 Å². The lowest BCUT2D eigenvalue weighted by Gasteiger charge is -2.34. The first-order chi connectivity index (χ1) is 19.5. The quantitative estimate of drug-likeness (QED) is 0.282. The van der Waals surface area contributed by atoms with E-state index in [9.17, 15) is 13.2 Å². The summed E-state index contributed by atoms with van der Waals surface area (Å²) in [7, 11) is -4.28. The highest BCUT2D eigenvalue weighted by molar-refractivity contribution is 7.90. The van der Waals surface area contributed by atoms with Gasteiger partial charge >= 0.3 is 0 Å². The minimum Gasteiger partial charge on any atom is -0.474 e. The van der Waals surface area contributed by atoms with Gasteiger partial charge in [-0.15, -0.1) is 5.10 Å². The van der Waals surface area contributed by atoms with Crippen molar-refractivity contribution in [2.24, 2.45) is 5.92 Å². The van der Waals surface area contributed by atoms with Gasteiger partial charge in [0.05, 0.1) is 25.4 Å². The van der Waals surface area contributed by atoms with Crippen LogP contribution in [0.2, 0.25) is 0 Å². The highest BCUT2D eigenvalue weighted by atomic mass is 32.2. The molecule has 1 amide bonds. The smallest absolute Gasteiger partial charge is 0.268 e. The van der Waals surface area contributed by atoms with E-state index in [0.717, 1.165) is 6.42 Å². The molecule has 0 aromatic carbocycles. The number of ether oxygens (including phenoxy) is 3. The third kappa shape index (κ3) is 7.31. The van der Waals surface area contributed by atoms with Crippen molar-refractivity contribution < 1.29 is 28.8 Å². The molecule has 1 atom stereocenters. The molecule has 0 unspecified atom stereocenters. The Morgan fingerprint density at radius 3 is 2.63 bits per heavy atom. The molecule has 0 bridgehead atoms. The SMILES string of the molecule is CCOCCOCCOc1ccn(-c2ccc(C(=O)NS(=O)(=O)c3cccnc3N)c(N3C[C@@H](C)CC3(C)C)n2)n1.[HH]. The molecule has 4 rings (SSSR count). The fourth-order valence-electron chi connectivity index (χ4n) is 4.85. The number of carbonyl (C=O) groups excluding carboxylic acids is 1. The molecule has 1 saturated heterocycles. The number of pyridine rings is 2. The molecule has 0 spiro atoms. The van der Waals surface area contributed by atoms with E-state index in [2.05, 4.69) is 35.6 Å². The predicted molar refractivity (Wildman–Crippen MR) is 155 cm³/mol. The number of rotatable bonds is 13. The minimum atomic E-state index is -4.28. The first kappa shape index (κ1) is 30.2. The molecule has 3 aromatic heterocycles. The molecule has 1 fully saturated rings. The molecule has 1 aliphatic heterocycles. The normalized spacial score (nSPS) is 16.6. The molecular formula is C27H39N7O6S. The first-order valence-corrected chi connectivity index (χ1v) is 14.9. The summed E-state index contributed by atoms with van der Waals surface area (Å²) in [5, 5.41) is 4.45. The van der Waals surface area contributed by atoms with E-state index >= 15 is 0 Å². The van der Waals surface area contributed by atoms with E-state index in [0.29, 0.717) is 63.0 Å². The van der Waals surface area contributed by atoms with Gasteiger partial charge in [-0.05, 0) is 57.4 Å². The van der Waals surface area contributed by atoms with Crippen LogP contribution in [0.1, 0.15) is 45.9 Å². The van der Waals surface area contributed by atoms with E-state index in [-0.39, 0.29) is 23.2 Å². The predicted octanol–water partition coefficient (Wildman–Crippen LogP) is 2.67. The number of nitrogens with one attached hydrogen (secondary N) is 1. The average molecular weight is 590 g/mol. The molecule has 13 nitrogen and oxygen atoms in total. The molecule has 1 aliphatic rings. The van der Waals surface area contributed by atoms with Gasteiger partial charge in [0, 0.05) is 38.6 Å². The van der Waals surface area contributed by atoms with Gasteiger partial charge in [-0.3, -0.25) is 4.79 Å². The summed E-state index contributed by atoms with van der Waals surface area (Å²) in [5.41, 5.74) is 5.54. The molecule has 224 valence electrons. The maximum Gasteiger partial charge on any atom is 0.268 e. The Morgan fingerprint density at radius 2 is 1.93 bits per heavy atom. The highest BCUT2D eigenvalue weighted by Gasteiger charge is 2.39. The van der Waals surface area contributed by atoms with Crippen molar-refractivity contribution in [3.05, 3.63) is 48.3 Å². The number of nitrogens with two attached hydrogens (primary N) is 1. The monoisotopic (exact) mass is 589 g/mol. The Hall–Kier alpha value is -3.75. The Balaban J connectivity index is 0.00000484. The number of anilines is 2. The third-order valence-corrected chi connectivity index (χ3v) is 7.98. The van der Waals surface area contributed by atoms with Crippen LogP contribution in [-0.4, -0.2) is 79.2 Å². The molecule has 4 heterocycles. The number of aromatic nitrogens is 4. The van der Waals surface area contributed by atoms with Crippen LogP contribution in [0.3, 0.4) is 0 Å². The number of nitrogen functional groups attached to an aromatic ring is 1. The van der Waals surface area contributed by atoms with Crippen molar-refractivity contribution in [2.45, 2.75) is 44.6 Å². The summed E-state index contributed by atoms with van der Waals surface area (Å²) in [5.74, 6) is 0.485. The zero-order valence-corrected chi connectivity index (χ0v) is 24.6. The van der Waals surface area contributed by atoms with Crippen molar-refractivity contribution in [1.29, 1.82) is 0 Å².